The molecule has 0 aliphatic heterocycles. The minimum absolute atomic E-state index is 0.127. The summed E-state index contributed by atoms with van der Waals surface area (Å²) in [7, 11) is 3.24. The van der Waals surface area contributed by atoms with Gasteiger partial charge in [-0.25, -0.2) is 0 Å². The summed E-state index contributed by atoms with van der Waals surface area (Å²) >= 11 is 0. The summed E-state index contributed by atoms with van der Waals surface area (Å²) in [6.45, 7) is 4.04. The summed E-state index contributed by atoms with van der Waals surface area (Å²) < 4.78 is 18.6. The number of hydrogen-bond donors (Lipinski definition) is 0. The second-order valence-electron chi connectivity index (χ2n) is 6.93. The van der Waals surface area contributed by atoms with Gasteiger partial charge in [0.25, 0.3) is 0 Å². The van der Waals surface area contributed by atoms with Gasteiger partial charge in [0.05, 0.1) is 20.3 Å². The predicted octanol–water partition coefficient (Wildman–Crippen LogP) is 4.87. The van der Waals surface area contributed by atoms with Crippen molar-refractivity contribution in [2.75, 3.05) is 14.2 Å². The number of aromatic nitrogens is 3. The van der Waals surface area contributed by atoms with E-state index >= 15 is 0 Å². The second-order valence-corrected chi connectivity index (χ2v) is 6.93. The van der Waals surface area contributed by atoms with E-state index < -0.39 is 0 Å². The zero-order valence-corrected chi connectivity index (χ0v) is 16.9. The third-order valence-corrected chi connectivity index (χ3v) is 4.58. The van der Waals surface area contributed by atoms with E-state index in [9.17, 15) is 0 Å². The van der Waals surface area contributed by atoms with Gasteiger partial charge in [-0.05, 0) is 67.4 Å². The van der Waals surface area contributed by atoms with E-state index in [-0.39, 0.29) is 6.10 Å². The van der Waals surface area contributed by atoms with Crippen molar-refractivity contribution in [1.29, 1.82) is 0 Å². The van der Waals surface area contributed by atoms with Gasteiger partial charge in [-0.2, -0.15) is 0 Å². The third-order valence-electron chi connectivity index (χ3n) is 4.58. The molecule has 2 heterocycles. The largest absolute Gasteiger partial charge is 0.493 e. The first-order valence-corrected chi connectivity index (χ1v) is 9.43. The van der Waals surface area contributed by atoms with Crippen LogP contribution in [-0.2, 0) is 0 Å². The van der Waals surface area contributed by atoms with Crippen LogP contribution in [0.25, 0.3) is 28.2 Å². The molecule has 0 aliphatic carbocycles. The number of benzene rings is 2. The van der Waals surface area contributed by atoms with E-state index in [0.717, 1.165) is 33.9 Å². The van der Waals surface area contributed by atoms with E-state index in [1.165, 1.54) is 0 Å². The highest BCUT2D eigenvalue weighted by molar-refractivity contribution is 5.69. The first-order valence-electron chi connectivity index (χ1n) is 9.43. The van der Waals surface area contributed by atoms with E-state index in [4.69, 9.17) is 14.2 Å². The number of nitrogens with zero attached hydrogens (tertiary/aromatic N) is 3. The Bertz CT molecular complexity index is 1150. The zero-order valence-electron chi connectivity index (χ0n) is 16.9. The molecule has 29 heavy (non-hydrogen) atoms. The molecule has 6 heteroatoms. The molecule has 0 fully saturated rings. The van der Waals surface area contributed by atoms with E-state index in [1.807, 2.05) is 73.0 Å². The molecular formula is C23H23N3O3. The summed E-state index contributed by atoms with van der Waals surface area (Å²) in [5, 5.41) is 8.68. The fourth-order valence-corrected chi connectivity index (χ4v) is 3.25. The molecule has 0 radical (unpaired) electrons. The molecule has 0 aliphatic rings. The van der Waals surface area contributed by atoms with Gasteiger partial charge in [-0.1, -0.05) is 12.1 Å². The van der Waals surface area contributed by atoms with Crippen LogP contribution in [0.15, 0.2) is 60.8 Å². The minimum atomic E-state index is 0.127. The van der Waals surface area contributed by atoms with Crippen molar-refractivity contribution in [2.45, 2.75) is 20.0 Å². The third kappa shape index (κ3) is 3.74. The first kappa shape index (κ1) is 18.8. The number of methoxy groups -OCH3 is 2. The van der Waals surface area contributed by atoms with Crippen LogP contribution in [-0.4, -0.2) is 34.9 Å². The van der Waals surface area contributed by atoms with Crippen molar-refractivity contribution in [3.63, 3.8) is 0 Å². The lowest BCUT2D eigenvalue weighted by Gasteiger charge is -2.11. The Kier molecular flexibility index (Phi) is 5.08. The summed E-state index contributed by atoms with van der Waals surface area (Å²) in [5.74, 6) is 2.91. The summed E-state index contributed by atoms with van der Waals surface area (Å²) in [4.78, 5) is 0. The Labute approximate surface area is 169 Å². The van der Waals surface area contributed by atoms with Crippen molar-refractivity contribution in [2.24, 2.45) is 0 Å². The number of fused-ring (bicyclic) bond motifs is 1. The molecule has 4 rings (SSSR count). The maximum absolute atomic E-state index is 5.83. The van der Waals surface area contributed by atoms with Crippen LogP contribution < -0.4 is 14.2 Å². The van der Waals surface area contributed by atoms with Crippen molar-refractivity contribution >= 4 is 5.65 Å². The molecule has 0 unspecified atom stereocenters. The molecule has 4 aromatic rings. The smallest absolute Gasteiger partial charge is 0.168 e. The van der Waals surface area contributed by atoms with Crippen molar-refractivity contribution in [1.82, 2.24) is 14.6 Å². The minimum Gasteiger partial charge on any atom is -0.493 e. The predicted molar refractivity (Wildman–Crippen MR) is 113 cm³/mol. The maximum atomic E-state index is 5.83. The van der Waals surface area contributed by atoms with Crippen LogP contribution in [0.1, 0.15) is 13.8 Å². The van der Waals surface area contributed by atoms with Crippen LogP contribution in [0.2, 0.25) is 0 Å². The molecule has 0 bridgehead atoms. The molecule has 0 saturated carbocycles. The molecule has 2 aromatic heterocycles. The van der Waals surface area contributed by atoms with Crippen LogP contribution in [0, 0.1) is 0 Å². The number of pyridine rings is 1. The van der Waals surface area contributed by atoms with Crippen LogP contribution in [0.5, 0.6) is 17.2 Å². The standard InChI is InChI=1S/C23H23N3O3/c1-15(2)29-19-7-5-6-16(12-19)18-9-11-22-24-25-23(26(22)14-18)17-8-10-20(27-3)21(13-17)28-4/h5-15H,1-4H3. The highest BCUT2D eigenvalue weighted by atomic mass is 16.5. The molecule has 148 valence electrons. The normalized spacial score (nSPS) is 11.1. The number of hydrogen-bond acceptors (Lipinski definition) is 5. The lowest BCUT2D eigenvalue weighted by atomic mass is 10.1. The molecule has 0 amide bonds. The topological polar surface area (TPSA) is 57.9 Å². The van der Waals surface area contributed by atoms with Crippen molar-refractivity contribution in [3.05, 3.63) is 60.8 Å². The lowest BCUT2D eigenvalue weighted by molar-refractivity contribution is 0.242. The number of rotatable bonds is 6. The molecule has 0 N–H and O–H groups in total. The zero-order chi connectivity index (χ0) is 20.4. The first-order chi connectivity index (χ1) is 14.1. The monoisotopic (exact) mass is 389 g/mol. The Morgan fingerprint density at radius 2 is 1.59 bits per heavy atom. The van der Waals surface area contributed by atoms with Gasteiger partial charge in [-0.3, -0.25) is 4.40 Å². The second kappa shape index (κ2) is 7.83. The fourth-order valence-electron chi connectivity index (χ4n) is 3.25. The molecule has 0 spiro atoms. The highest BCUT2D eigenvalue weighted by Gasteiger charge is 2.13. The van der Waals surface area contributed by atoms with E-state index in [1.54, 1.807) is 14.2 Å². The van der Waals surface area contributed by atoms with Crippen LogP contribution in [0.4, 0.5) is 0 Å². The van der Waals surface area contributed by atoms with Gasteiger partial charge in [0.1, 0.15) is 5.75 Å². The van der Waals surface area contributed by atoms with Crippen LogP contribution >= 0.6 is 0 Å². The van der Waals surface area contributed by atoms with Gasteiger partial charge >= 0.3 is 0 Å². The molecule has 0 saturated heterocycles. The summed E-state index contributed by atoms with van der Waals surface area (Å²) in [6.07, 6.45) is 2.16. The molecule has 2 aromatic carbocycles. The van der Waals surface area contributed by atoms with E-state index in [2.05, 4.69) is 16.3 Å². The SMILES string of the molecule is COc1ccc(-c2nnc3ccc(-c4cccc(OC(C)C)c4)cn23)cc1OC. The van der Waals surface area contributed by atoms with Gasteiger partial charge < -0.3 is 14.2 Å². The van der Waals surface area contributed by atoms with Gasteiger partial charge in [0, 0.05) is 11.8 Å². The maximum Gasteiger partial charge on any atom is 0.168 e. The Morgan fingerprint density at radius 1 is 0.793 bits per heavy atom. The average molecular weight is 389 g/mol. The van der Waals surface area contributed by atoms with E-state index in [0.29, 0.717) is 11.5 Å². The Morgan fingerprint density at radius 3 is 2.34 bits per heavy atom. The van der Waals surface area contributed by atoms with Gasteiger partial charge in [0.2, 0.25) is 0 Å². The van der Waals surface area contributed by atoms with Crippen LogP contribution in [0.3, 0.4) is 0 Å². The quantitative estimate of drug-likeness (QED) is 0.471. The summed E-state index contributed by atoms with van der Waals surface area (Å²) in [6, 6.07) is 17.8. The summed E-state index contributed by atoms with van der Waals surface area (Å²) in [5.41, 5.74) is 3.78. The highest BCUT2D eigenvalue weighted by Crippen LogP contribution is 2.32. The molecule has 6 nitrogen and oxygen atoms in total. The van der Waals surface area contributed by atoms with Crippen molar-refractivity contribution in [3.8, 4) is 39.8 Å². The molecular weight excluding hydrogens is 366 g/mol. The number of ether oxygens (including phenoxy) is 3. The fraction of sp³-hybridized carbons (Fsp3) is 0.217. The van der Waals surface area contributed by atoms with Crippen molar-refractivity contribution < 1.29 is 14.2 Å². The Hall–Kier alpha value is -3.54. The van der Waals surface area contributed by atoms with Gasteiger partial charge in [-0.15, -0.1) is 10.2 Å². The average Bonchev–Trinajstić information content (AvgIpc) is 3.16. The lowest BCUT2D eigenvalue weighted by Crippen LogP contribution is -2.05. The van der Waals surface area contributed by atoms with Gasteiger partial charge in [0.15, 0.2) is 23.0 Å². The molecule has 0 atom stereocenters. The Balaban J connectivity index is 1.78.